The van der Waals surface area contributed by atoms with Crippen LogP contribution in [0, 0.1) is 5.82 Å². The molecule has 2 aromatic heterocycles. The van der Waals surface area contributed by atoms with Gasteiger partial charge in [0.1, 0.15) is 35.4 Å². The highest BCUT2D eigenvalue weighted by atomic mass is 19.1. The first kappa shape index (κ1) is 19.2. The van der Waals surface area contributed by atoms with E-state index in [1.54, 1.807) is 42.6 Å². The Labute approximate surface area is 171 Å². The Hall–Kier alpha value is -4.13. The van der Waals surface area contributed by atoms with Gasteiger partial charge in [0.15, 0.2) is 5.76 Å². The maximum atomic E-state index is 12.9. The molecule has 4 aromatic rings. The van der Waals surface area contributed by atoms with Crippen molar-refractivity contribution >= 4 is 11.6 Å². The number of para-hydroxylation sites is 1. The lowest BCUT2D eigenvalue weighted by Crippen LogP contribution is -2.12. The third kappa shape index (κ3) is 4.82. The maximum absolute atomic E-state index is 12.9. The van der Waals surface area contributed by atoms with Gasteiger partial charge in [-0.3, -0.25) is 4.79 Å². The predicted molar refractivity (Wildman–Crippen MR) is 108 cm³/mol. The number of rotatable bonds is 7. The second-order valence-electron chi connectivity index (χ2n) is 6.23. The van der Waals surface area contributed by atoms with Crippen LogP contribution in [0.5, 0.6) is 17.4 Å². The fourth-order valence-corrected chi connectivity index (χ4v) is 2.61. The number of halogens is 1. The molecule has 0 aliphatic rings. The first-order chi connectivity index (χ1) is 14.7. The SMILES string of the molecule is O=C(Nc1cccnc1Oc1ccccc1)c1ccc(COc2ccc(F)cc2)o1. The number of carbonyl (C=O) groups is 1. The molecule has 0 fully saturated rings. The minimum atomic E-state index is -0.450. The smallest absolute Gasteiger partial charge is 0.291 e. The minimum absolute atomic E-state index is 0.105. The van der Waals surface area contributed by atoms with Crippen LogP contribution in [0.15, 0.2) is 89.5 Å². The number of pyridine rings is 1. The Morgan fingerprint density at radius 3 is 2.53 bits per heavy atom. The molecule has 2 aromatic carbocycles. The summed E-state index contributed by atoms with van der Waals surface area (Å²) in [4.78, 5) is 16.8. The van der Waals surface area contributed by atoms with Crippen molar-refractivity contribution in [3.63, 3.8) is 0 Å². The van der Waals surface area contributed by atoms with Crippen molar-refractivity contribution < 1.29 is 23.1 Å². The number of nitrogens with one attached hydrogen (secondary N) is 1. The molecular formula is C23H17FN2O4. The monoisotopic (exact) mass is 404 g/mol. The summed E-state index contributed by atoms with van der Waals surface area (Å²) < 4.78 is 29.8. The van der Waals surface area contributed by atoms with Crippen molar-refractivity contribution in [1.29, 1.82) is 0 Å². The quantitative estimate of drug-likeness (QED) is 0.444. The Balaban J connectivity index is 1.40. The molecule has 0 saturated carbocycles. The molecule has 0 radical (unpaired) electrons. The largest absolute Gasteiger partial charge is 0.486 e. The number of ether oxygens (including phenoxy) is 2. The third-order valence-electron chi connectivity index (χ3n) is 4.06. The number of carbonyl (C=O) groups excluding carboxylic acids is 1. The lowest BCUT2D eigenvalue weighted by molar-refractivity contribution is 0.0992. The van der Waals surface area contributed by atoms with Gasteiger partial charge in [0.2, 0.25) is 5.88 Å². The normalized spacial score (nSPS) is 10.4. The molecule has 0 aliphatic heterocycles. The number of hydrogen-bond acceptors (Lipinski definition) is 5. The van der Waals surface area contributed by atoms with Gasteiger partial charge in [0.05, 0.1) is 0 Å². The van der Waals surface area contributed by atoms with Gasteiger partial charge in [-0.25, -0.2) is 9.37 Å². The van der Waals surface area contributed by atoms with Crippen molar-refractivity contribution in [3.8, 4) is 17.4 Å². The molecule has 0 saturated heterocycles. The molecule has 4 rings (SSSR count). The first-order valence-corrected chi connectivity index (χ1v) is 9.14. The number of hydrogen-bond donors (Lipinski definition) is 1. The fraction of sp³-hybridized carbons (Fsp3) is 0.0435. The van der Waals surface area contributed by atoms with Crippen molar-refractivity contribution in [1.82, 2.24) is 4.98 Å². The zero-order chi connectivity index (χ0) is 20.8. The molecule has 1 N–H and O–H groups in total. The standard InChI is InChI=1S/C23H17FN2O4/c24-16-8-10-17(11-9-16)28-15-19-12-13-21(29-19)22(27)26-20-7-4-14-25-23(20)30-18-5-2-1-3-6-18/h1-14H,15H2,(H,26,27). The second-order valence-corrected chi connectivity index (χ2v) is 6.23. The highest BCUT2D eigenvalue weighted by Crippen LogP contribution is 2.27. The average Bonchev–Trinajstić information content (AvgIpc) is 3.25. The van der Waals surface area contributed by atoms with E-state index in [0.717, 1.165) is 0 Å². The van der Waals surface area contributed by atoms with Crippen LogP contribution in [-0.2, 0) is 6.61 Å². The van der Waals surface area contributed by atoms with E-state index >= 15 is 0 Å². The van der Waals surface area contributed by atoms with Crippen LogP contribution in [0.2, 0.25) is 0 Å². The number of furan rings is 1. The van der Waals surface area contributed by atoms with Crippen LogP contribution in [0.25, 0.3) is 0 Å². The molecule has 7 heteroatoms. The highest BCUT2D eigenvalue weighted by Gasteiger charge is 2.15. The van der Waals surface area contributed by atoms with Gasteiger partial charge in [0, 0.05) is 6.20 Å². The lowest BCUT2D eigenvalue weighted by Gasteiger charge is -2.10. The van der Waals surface area contributed by atoms with Crippen molar-refractivity contribution in [2.24, 2.45) is 0 Å². The Morgan fingerprint density at radius 1 is 0.933 bits per heavy atom. The van der Waals surface area contributed by atoms with E-state index < -0.39 is 5.91 Å². The Bertz CT molecular complexity index is 1130. The molecule has 0 spiro atoms. The lowest BCUT2D eigenvalue weighted by atomic mass is 10.3. The molecule has 150 valence electrons. The summed E-state index contributed by atoms with van der Waals surface area (Å²) in [5.41, 5.74) is 0.409. The van der Waals surface area contributed by atoms with Crippen LogP contribution in [0.4, 0.5) is 10.1 Å². The average molecular weight is 404 g/mol. The third-order valence-corrected chi connectivity index (χ3v) is 4.06. The summed E-state index contributed by atoms with van der Waals surface area (Å²) in [6.45, 7) is 0.105. The number of aromatic nitrogens is 1. The van der Waals surface area contributed by atoms with E-state index in [2.05, 4.69) is 10.3 Å². The van der Waals surface area contributed by atoms with Gasteiger partial charge in [-0.1, -0.05) is 18.2 Å². The Kier molecular flexibility index (Phi) is 5.70. The van der Waals surface area contributed by atoms with Gasteiger partial charge >= 0.3 is 0 Å². The van der Waals surface area contributed by atoms with Gasteiger partial charge in [0.25, 0.3) is 5.91 Å². The van der Waals surface area contributed by atoms with Crippen LogP contribution in [0.1, 0.15) is 16.3 Å². The molecule has 0 bridgehead atoms. The van der Waals surface area contributed by atoms with Crippen molar-refractivity contribution in [2.45, 2.75) is 6.61 Å². The van der Waals surface area contributed by atoms with Gasteiger partial charge < -0.3 is 19.2 Å². The van der Waals surface area contributed by atoms with Crippen LogP contribution >= 0.6 is 0 Å². The number of anilines is 1. The zero-order valence-corrected chi connectivity index (χ0v) is 15.7. The summed E-state index contributed by atoms with van der Waals surface area (Å²) in [6.07, 6.45) is 1.58. The summed E-state index contributed by atoms with van der Waals surface area (Å²) in [6, 6.07) is 21.4. The van der Waals surface area contributed by atoms with Gasteiger partial charge in [-0.2, -0.15) is 0 Å². The maximum Gasteiger partial charge on any atom is 0.291 e. The fourth-order valence-electron chi connectivity index (χ4n) is 2.61. The number of amides is 1. The summed E-state index contributed by atoms with van der Waals surface area (Å²) in [7, 11) is 0. The molecule has 0 atom stereocenters. The molecular weight excluding hydrogens is 387 g/mol. The van der Waals surface area contributed by atoms with E-state index in [1.807, 2.05) is 18.2 Å². The molecule has 6 nitrogen and oxygen atoms in total. The van der Waals surface area contributed by atoms with E-state index in [4.69, 9.17) is 13.9 Å². The molecule has 0 aliphatic carbocycles. The van der Waals surface area contributed by atoms with E-state index in [-0.39, 0.29) is 24.1 Å². The summed E-state index contributed by atoms with van der Waals surface area (Å²) in [5, 5.41) is 2.74. The first-order valence-electron chi connectivity index (χ1n) is 9.14. The van der Waals surface area contributed by atoms with E-state index in [0.29, 0.717) is 22.9 Å². The number of nitrogens with zero attached hydrogens (tertiary/aromatic N) is 1. The molecule has 1 amide bonds. The van der Waals surface area contributed by atoms with Crippen LogP contribution < -0.4 is 14.8 Å². The molecule has 2 heterocycles. The van der Waals surface area contributed by atoms with Crippen molar-refractivity contribution in [3.05, 3.63) is 102 Å². The number of benzene rings is 2. The Morgan fingerprint density at radius 2 is 1.73 bits per heavy atom. The molecule has 30 heavy (non-hydrogen) atoms. The highest BCUT2D eigenvalue weighted by molar-refractivity contribution is 6.02. The zero-order valence-electron chi connectivity index (χ0n) is 15.7. The summed E-state index contributed by atoms with van der Waals surface area (Å²) in [5.74, 6) is 1.14. The van der Waals surface area contributed by atoms with Crippen molar-refractivity contribution in [2.75, 3.05) is 5.32 Å². The second kappa shape index (κ2) is 8.91. The van der Waals surface area contributed by atoms with E-state index in [1.165, 1.54) is 24.3 Å². The predicted octanol–water partition coefficient (Wildman–Crippen LogP) is 5.44. The summed E-state index contributed by atoms with van der Waals surface area (Å²) >= 11 is 0. The van der Waals surface area contributed by atoms with E-state index in [9.17, 15) is 9.18 Å². The molecule has 0 unspecified atom stereocenters. The topological polar surface area (TPSA) is 73.6 Å². The van der Waals surface area contributed by atoms with Crippen LogP contribution in [0.3, 0.4) is 0 Å². The van der Waals surface area contributed by atoms with Gasteiger partial charge in [-0.15, -0.1) is 0 Å². The van der Waals surface area contributed by atoms with Crippen LogP contribution in [-0.4, -0.2) is 10.9 Å². The minimum Gasteiger partial charge on any atom is -0.486 e. The van der Waals surface area contributed by atoms with Gasteiger partial charge in [-0.05, 0) is 60.7 Å².